The van der Waals surface area contributed by atoms with Crippen LogP contribution >= 0.6 is 11.3 Å². The van der Waals surface area contributed by atoms with Gasteiger partial charge in [-0.15, -0.1) is 11.3 Å². The van der Waals surface area contributed by atoms with E-state index >= 15 is 0 Å². The molecule has 1 saturated heterocycles. The molecule has 0 radical (unpaired) electrons. The Hall–Kier alpha value is -2.34. The van der Waals surface area contributed by atoms with Gasteiger partial charge >= 0.3 is 0 Å². The van der Waals surface area contributed by atoms with E-state index in [0.717, 1.165) is 13.1 Å². The molecule has 1 aliphatic heterocycles. The van der Waals surface area contributed by atoms with E-state index < -0.39 is 6.04 Å². The maximum Gasteiger partial charge on any atom is 0.261 e. The molecule has 0 bridgehead atoms. The van der Waals surface area contributed by atoms with Gasteiger partial charge in [0.25, 0.3) is 5.91 Å². The lowest BCUT2D eigenvalue weighted by molar-refractivity contribution is -0.133. The number of nitrogens with one attached hydrogen (secondary N) is 1. The molecule has 3 rings (SSSR count). The molecule has 5 nitrogen and oxygen atoms in total. The predicted octanol–water partition coefficient (Wildman–Crippen LogP) is 2.22. The fourth-order valence-electron chi connectivity index (χ4n) is 2.83. The molecular formula is C18H21N3O2S. The van der Waals surface area contributed by atoms with Crippen LogP contribution in [0.15, 0.2) is 47.8 Å². The van der Waals surface area contributed by atoms with Crippen LogP contribution in [0.5, 0.6) is 0 Å². The SMILES string of the molecule is CC(NC(=O)c1cccs1)C(=O)N1CCN(c2ccccc2)CC1. The molecule has 1 aromatic heterocycles. The van der Waals surface area contributed by atoms with Gasteiger partial charge in [0.15, 0.2) is 0 Å². The minimum atomic E-state index is -0.511. The molecule has 6 heteroatoms. The molecule has 0 saturated carbocycles. The van der Waals surface area contributed by atoms with Crippen LogP contribution in [-0.4, -0.2) is 48.9 Å². The number of benzene rings is 1. The van der Waals surface area contributed by atoms with Gasteiger partial charge in [-0.05, 0) is 30.5 Å². The van der Waals surface area contributed by atoms with Crippen LogP contribution in [0.4, 0.5) is 5.69 Å². The van der Waals surface area contributed by atoms with Crippen molar-refractivity contribution in [1.29, 1.82) is 0 Å². The van der Waals surface area contributed by atoms with Crippen molar-refractivity contribution in [2.24, 2.45) is 0 Å². The number of para-hydroxylation sites is 1. The highest BCUT2D eigenvalue weighted by molar-refractivity contribution is 7.12. The Labute approximate surface area is 145 Å². The molecule has 1 unspecified atom stereocenters. The van der Waals surface area contributed by atoms with Crippen molar-refractivity contribution in [1.82, 2.24) is 10.2 Å². The summed E-state index contributed by atoms with van der Waals surface area (Å²) in [6.45, 7) is 4.71. The van der Waals surface area contributed by atoms with E-state index in [0.29, 0.717) is 18.0 Å². The van der Waals surface area contributed by atoms with E-state index in [-0.39, 0.29) is 11.8 Å². The Morgan fingerprint density at radius 3 is 2.38 bits per heavy atom. The van der Waals surface area contributed by atoms with E-state index in [4.69, 9.17) is 0 Å². The molecule has 24 heavy (non-hydrogen) atoms. The van der Waals surface area contributed by atoms with Crippen LogP contribution in [0.1, 0.15) is 16.6 Å². The monoisotopic (exact) mass is 343 g/mol. The summed E-state index contributed by atoms with van der Waals surface area (Å²) in [5.74, 6) is -0.207. The number of amides is 2. The Morgan fingerprint density at radius 1 is 1.04 bits per heavy atom. The lowest BCUT2D eigenvalue weighted by Crippen LogP contribution is -2.54. The second-order valence-electron chi connectivity index (χ2n) is 5.82. The smallest absolute Gasteiger partial charge is 0.261 e. The molecular weight excluding hydrogens is 322 g/mol. The number of piperazine rings is 1. The molecule has 0 spiro atoms. The third-order valence-electron chi connectivity index (χ3n) is 4.18. The Bertz CT molecular complexity index is 680. The van der Waals surface area contributed by atoms with E-state index in [2.05, 4.69) is 22.3 Å². The van der Waals surface area contributed by atoms with E-state index in [1.165, 1.54) is 17.0 Å². The van der Waals surface area contributed by atoms with Crippen molar-refractivity contribution < 1.29 is 9.59 Å². The third-order valence-corrected chi connectivity index (χ3v) is 5.04. The highest BCUT2D eigenvalue weighted by Gasteiger charge is 2.26. The number of thiophene rings is 1. The first-order chi connectivity index (χ1) is 11.6. The molecule has 2 aromatic rings. The Kier molecular flexibility index (Phi) is 5.15. The van der Waals surface area contributed by atoms with Gasteiger partial charge in [0.05, 0.1) is 4.88 Å². The zero-order chi connectivity index (χ0) is 16.9. The van der Waals surface area contributed by atoms with Crippen LogP contribution in [0, 0.1) is 0 Å². The number of hydrogen-bond donors (Lipinski definition) is 1. The van der Waals surface area contributed by atoms with Crippen LogP contribution in [-0.2, 0) is 4.79 Å². The molecule has 0 aliphatic carbocycles. The number of rotatable bonds is 4. The maximum absolute atomic E-state index is 12.5. The normalized spacial score (nSPS) is 15.9. The first-order valence-corrected chi connectivity index (χ1v) is 8.96. The van der Waals surface area contributed by atoms with E-state index in [1.54, 1.807) is 13.0 Å². The van der Waals surface area contributed by atoms with Gasteiger partial charge in [0.1, 0.15) is 6.04 Å². The Morgan fingerprint density at radius 2 is 1.75 bits per heavy atom. The van der Waals surface area contributed by atoms with Crippen molar-refractivity contribution in [3.8, 4) is 0 Å². The van der Waals surface area contributed by atoms with Crippen molar-refractivity contribution >= 4 is 28.8 Å². The molecule has 126 valence electrons. The molecule has 2 amide bonds. The van der Waals surface area contributed by atoms with Gasteiger partial charge in [-0.25, -0.2) is 0 Å². The zero-order valence-corrected chi connectivity index (χ0v) is 14.5. The first kappa shape index (κ1) is 16.5. The molecule has 1 aromatic carbocycles. The van der Waals surface area contributed by atoms with Gasteiger partial charge in [-0.3, -0.25) is 9.59 Å². The minimum absolute atomic E-state index is 0.0207. The molecule has 2 heterocycles. The second-order valence-corrected chi connectivity index (χ2v) is 6.77. The average molecular weight is 343 g/mol. The quantitative estimate of drug-likeness (QED) is 0.926. The summed E-state index contributed by atoms with van der Waals surface area (Å²) in [7, 11) is 0. The summed E-state index contributed by atoms with van der Waals surface area (Å²) in [5.41, 5.74) is 1.18. The summed E-state index contributed by atoms with van der Waals surface area (Å²) in [6, 6.07) is 13.3. The Balaban J connectivity index is 1.52. The highest BCUT2D eigenvalue weighted by atomic mass is 32.1. The number of carbonyl (C=O) groups is 2. The largest absolute Gasteiger partial charge is 0.368 e. The summed E-state index contributed by atoms with van der Waals surface area (Å²) in [4.78, 5) is 29.3. The number of carbonyl (C=O) groups excluding carboxylic acids is 2. The fourth-order valence-corrected chi connectivity index (χ4v) is 3.46. The number of nitrogens with zero attached hydrogens (tertiary/aromatic N) is 2. The van der Waals surface area contributed by atoms with Gasteiger partial charge in [0, 0.05) is 31.9 Å². The van der Waals surface area contributed by atoms with Crippen molar-refractivity contribution in [2.75, 3.05) is 31.1 Å². The maximum atomic E-state index is 12.5. The summed E-state index contributed by atoms with van der Waals surface area (Å²) in [6.07, 6.45) is 0. The predicted molar refractivity (Wildman–Crippen MR) is 96.5 cm³/mol. The highest BCUT2D eigenvalue weighted by Crippen LogP contribution is 2.16. The second kappa shape index (κ2) is 7.49. The molecule has 1 N–H and O–H groups in total. The first-order valence-electron chi connectivity index (χ1n) is 8.08. The van der Waals surface area contributed by atoms with Gasteiger partial charge in [-0.1, -0.05) is 24.3 Å². The summed E-state index contributed by atoms with van der Waals surface area (Å²) < 4.78 is 0. The summed E-state index contributed by atoms with van der Waals surface area (Å²) in [5, 5.41) is 4.64. The van der Waals surface area contributed by atoms with Gasteiger partial charge in [-0.2, -0.15) is 0 Å². The zero-order valence-electron chi connectivity index (χ0n) is 13.6. The lowest BCUT2D eigenvalue weighted by Gasteiger charge is -2.37. The van der Waals surface area contributed by atoms with Crippen molar-refractivity contribution in [3.05, 3.63) is 52.7 Å². The third kappa shape index (κ3) is 3.76. The van der Waals surface area contributed by atoms with Crippen molar-refractivity contribution in [2.45, 2.75) is 13.0 Å². The lowest BCUT2D eigenvalue weighted by atomic mass is 10.2. The number of anilines is 1. The van der Waals surface area contributed by atoms with Crippen LogP contribution < -0.4 is 10.2 Å². The molecule has 1 atom stereocenters. The van der Waals surface area contributed by atoms with Gasteiger partial charge < -0.3 is 15.1 Å². The topological polar surface area (TPSA) is 52.7 Å². The van der Waals surface area contributed by atoms with Crippen LogP contribution in [0.2, 0.25) is 0 Å². The number of hydrogen-bond acceptors (Lipinski definition) is 4. The van der Waals surface area contributed by atoms with Crippen LogP contribution in [0.25, 0.3) is 0 Å². The van der Waals surface area contributed by atoms with E-state index in [9.17, 15) is 9.59 Å². The fraction of sp³-hybridized carbons (Fsp3) is 0.333. The average Bonchev–Trinajstić information content (AvgIpc) is 3.17. The molecule has 1 aliphatic rings. The minimum Gasteiger partial charge on any atom is -0.368 e. The standard InChI is InChI=1S/C18H21N3O2S/c1-14(19-17(22)16-8-5-13-24-16)18(23)21-11-9-20(10-12-21)15-6-3-2-4-7-15/h2-8,13-14H,9-12H2,1H3,(H,19,22). The van der Waals surface area contributed by atoms with Crippen LogP contribution in [0.3, 0.4) is 0 Å². The van der Waals surface area contributed by atoms with E-state index in [1.807, 2.05) is 34.5 Å². The molecule has 1 fully saturated rings. The van der Waals surface area contributed by atoms with Crippen molar-refractivity contribution in [3.63, 3.8) is 0 Å². The summed E-state index contributed by atoms with van der Waals surface area (Å²) >= 11 is 1.37. The van der Waals surface area contributed by atoms with Gasteiger partial charge in [0.2, 0.25) is 5.91 Å².